The number of imidazole rings is 1. The molecule has 17 heavy (non-hydrogen) atoms. The highest BCUT2D eigenvalue weighted by atomic mass is 79.9. The van der Waals surface area contributed by atoms with Crippen molar-refractivity contribution < 1.29 is 0 Å². The van der Waals surface area contributed by atoms with E-state index < -0.39 is 0 Å². The van der Waals surface area contributed by atoms with Crippen molar-refractivity contribution in [1.29, 1.82) is 0 Å². The zero-order valence-corrected chi connectivity index (χ0v) is 11.9. The van der Waals surface area contributed by atoms with Crippen LogP contribution in [0.1, 0.15) is 12.7 Å². The van der Waals surface area contributed by atoms with Crippen molar-refractivity contribution in [3.8, 4) is 11.3 Å². The maximum Gasteiger partial charge on any atom is 0.121 e. The van der Waals surface area contributed by atoms with Gasteiger partial charge in [-0.15, -0.1) is 11.8 Å². The minimum absolute atomic E-state index is 0.419. The fourth-order valence-electron chi connectivity index (χ4n) is 1.56. The van der Waals surface area contributed by atoms with Crippen LogP contribution in [-0.2, 0) is 6.54 Å². The zero-order chi connectivity index (χ0) is 12.3. The van der Waals surface area contributed by atoms with Crippen LogP contribution in [0, 0.1) is 0 Å². The highest BCUT2D eigenvalue weighted by molar-refractivity contribution is 9.10. The van der Waals surface area contributed by atoms with Crippen LogP contribution >= 0.6 is 27.7 Å². The van der Waals surface area contributed by atoms with E-state index in [0.717, 1.165) is 27.4 Å². The first kappa shape index (κ1) is 12.7. The van der Waals surface area contributed by atoms with E-state index in [2.05, 4.69) is 57.1 Å². The fraction of sp³-hybridized carbons (Fsp3) is 0.250. The van der Waals surface area contributed by atoms with E-state index in [4.69, 9.17) is 5.73 Å². The highest BCUT2D eigenvalue weighted by Gasteiger charge is 2.09. The van der Waals surface area contributed by atoms with Crippen molar-refractivity contribution in [3.63, 3.8) is 0 Å². The smallest absolute Gasteiger partial charge is 0.121 e. The summed E-state index contributed by atoms with van der Waals surface area (Å²) in [5.74, 6) is 1.88. The van der Waals surface area contributed by atoms with Crippen LogP contribution in [0.3, 0.4) is 0 Å². The molecule has 0 saturated heterocycles. The molecule has 0 radical (unpaired) electrons. The second kappa shape index (κ2) is 5.71. The Hall–Kier alpha value is -0.780. The van der Waals surface area contributed by atoms with Crippen molar-refractivity contribution in [1.82, 2.24) is 9.97 Å². The fourth-order valence-corrected chi connectivity index (χ4v) is 2.77. The number of nitrogens with two attached hydrogens (primary N) is 1. The van der Waals surface area contributed by atoms with Crippen molar-refractivity contribution >= 4 is 27.7 Å². The second-order valence-corrected chi connectivity index (χ2v) is 5.64. The van der Waals surface area contributed by atoms with Gasteiger partial charge in [0.15, 0.2) is 0 Å². The molecule has 0 amide bonds. The lowest BCUT2D eigenvalue weighted by Gasteiger charge is -2.01. The van der Waals surface area contributed by atoms with Gasteiger partial charge in [0.1, 0.15) is 16.1 Å². The molecule has 0 fully saturated rings. The Morgan fingerprint density at radius 1 is 1.35 bits per heavy atom. The first-order chi connectivity index (χ1) is 8.24. The van der Waals surface area contributed by atoms with Gasteiger partial charge in [-0.1, -0.05) is 19.1 Å². The molecule has 2 aromatic rings. The molecule has 1 heterocycles. The molecular formula is C12H14BrN3S. The third kappa shape index (κ3) is 2.91. The van der Waals surface area contributed by atoms with E-state index in [-0.39, 0.29) is 0 Å². The molecule has 5 heteroatoms. The van der Waals surface area contributed by atoms with E-state index in [9.17, 15) is 0 Å². The van der Waals surface area contributed by atoms with Crippen LogP contribution in [0.25, 0.3) is 11.3 Å². The van der Waals surface area contributed by atoms with Crippen molar-refractivity contribution in [2.45, 2.75) is 18.4 Å². The van der Waals surface area contributed by atoms with Crippen LogP contribution in [0.2, 0.25) is 0 Å². The summed E-state index contributed by atoms with van der Waals surface area (Å²) in [6.07, 6.45) is 0. The van der Waals surface area contributed by atoms with Crippen LogP contribution in [-0.4, -0.2) is 15.7 Å². The summed E-state index contributed by atoms with van der Waals surface area (Å²) >= 11 is 5.30. The molecular weight excluding hydrogens is 298 g/mol. The molecule has 3 N–H and O–H groups in total. The Morgan fingerprint density at radius 3 is 2.59 bits per heavy atom. The van der Waals surface area contributed by atoms with Crippen molar-refractivity contribution in [2.75, 3.05) is 5.75 Å². The number of nitrogens with one attached hydrogen (secondary N) is 1. The summed E-state index contributed by atoms with van der Waals surface area (Å²) in [6, 6.07) is 8.40. The second-order valence-electron chi connectivity index (χ2n) is 3.51. The minimum atomic E-state index is 0.419. The predicted octanol–water partition coefficient (Wildman–Crippen LogP) is 3.41. The van der Waals surface area contributed by atoms with Gasteiger partial charge in [-0.2, -0.15) is 0 Å². The first-order valence-electron chi connectivity index (χ1n) is 5.42. The quantitative estimate of drug-likeness (QED) is 0.851. The minimum Gasteiger partial charge on any atom is -0.335 e. The van der Waals surface area contributed by atoms with Crippen molar-refractivity contribution in [2.24, 2.45) is 5.73 Å². The largest absolute Gasteiger partial charge is 0.335 e. The van der Waals surface area contributed by atoms with Crippen LogP contribution in [0.5, 0.6) is 0 Å². The average Bonchev–Trinajstić information content (AvgIpc) is 2.72. The van der Waals surface area contributed by atoms with Gasteiger partial charge in [-0.25, -0.2) is 4.98 Å². The van der Waals surface area contributed by atoms with Gasteiger partial charge < -0.3 is 10.7 Å². The number of hydrogen-bond donors (Lipinski definition) is 2. The molecule has 90 valence electrons. The molecule has 3 nitrogen and oxygen atoms in total. The lowest BCUT2D eigenvalue weighted by molar-refractivity contribution is 0.947. The summed E-state index contributed by atoms with van der Waals surface area (Å²) in [6.45, 7) is 2.57. The summed E-state index contributed by atoms with van der Waals surface area (Å²) in [4.78, 5) is 8.83. The van der Waals surface area contributed by atoms with Crippen LogP contribution < -0.4 is 5.73 Å². The van der Waals surface area contributed by atoms with Gasteiger partial charge in [0.05, 0.1) is 6.54 Å². The Labute approximate surface area is 113 Å². The molecule has 0 bridgehead atoms. The Balaban J connectivity index is 2.29. The van der Waals surface area contributed by atoms with Crippen LogP contribution in [0.15, 0.2) is 33.8 Å². The van der Waals surface area contributed by atoms with Gasteiger partial charge in [-0.05, 0) is 33.8 Å². The zero-order valence-electron chi connectivity index (χ0n) is 9.53. The number of H-pyrrole nitrogens is 1. The van der Waals surface area contributed by atoms with Gasteiger partial charge in [-0.3, -0.25) is 0 Å². The Kier molecular flexibility index (Phi) is 4.25. The van der Waals surface area contributed by atoms with Crippen LogP contribution in [0.4, 0.5) is 0 Å². The van der Waals surface area contributed by atoms with Crippen molar-refractivity contribution in [3.05, 3.63) is 34.7 Å². The molecule has 0 unspecified atom stereocenters. The van der Waals surface area contributed by atoms with E-state index in [1.807, 2.05) is 11.8 Å². The number of aromatic nitrogens is 2. The summed E-state index contributed by atoms with van der Waals surface area (Å²) < 4.78 is 0.883. The normalized spacial score (nSPS) is 10.8. The topological polar surface area (TPSA) is 54.7 Å². The molecule has 0 atom stereocenters. The highest BCUT2D eigenvalue weighted by Crippen LogP contribution is 2.28. The van der Waals surface area contributed by atoms with Gasteiger partial charge in [0.25, 0.3) is 0 Å². The number of nitrogens with zero attached hydrogens (tertiary/aromatic N) is 1. The number of halogens is 1. The Bertz CT molecular complexity index is 493. The number of rotatable bonds is 4. The third-order valence-electron chi connectivity index (χ3n) is 2.34. The summed E-state index contributed by atoms with van der Waals surface area (Å²) in [7, 11) is 0. The number of benzene rings is 1. The SMILES string of the molecule is CCSc1ccc(-c2nc(CN)[nH]c2Br)cc1. The first-order valence-corrected chi connectivity index (χ1v) is 7.20. The number of hydrogen-bond acceptors (Lipinski definition) is 3. The molecule has 0 aliphatic heterocycles. The van der Waals surface area contributed by atoms with E-state index in [1.54, 1.807) is 0 Å². The molecule has 0 spiro atoms. The molecule has 0 saturated carbocycles. The van der Waals surface area contributed by atoms with E-state index in [0.29, 0.717) is 6.54 Å². The van der Waals surface area contributed by atoms with E-state index in [1.165, 1.54) is 4.90 Å². The molecule has 0 aliphatic carbocycles. The number of aromatic amines is 1. The molecule has 1 aromatic heterocycles. The molecule has 1 aromatic carbocycles. The standard InChI is InChI=1S/C12H14BrN3S/c1-2-17-9-5-3-8(4-6-9)11-12(13)16-10(7-14)15-11/h3-6H,2,7,14H2,1H3,(H,15,16). The maximum atomic E-state index is 5.56. The lowest BCUT2D eigenvalue weighted by atomic mass is 10.2. The summed E-state index contributed by atoms with van der Waals surface area (Å²) in [5, 5.41) is 0. The maximum absolute atomic E-state index is 5.56. The number of thioether (sulfide) groups is 1. The van der Waals surface area contributed by atoms with Gasteiger partial charge in [0, 0.05) is 10.5 Å². The van der Waals surface area contributed by atoms with E-state index >= 15 is 0 Å². The predicted molar refractivity (Wildman–Crippen MR) is 76.0 cm³/mol. The summed E-state index contributed by atoms with van der Waals surface area (Å²) in [5.41, 5.74) is 7.56. The third-order valence-corrected chi connectivity index (χ3v) is 3.81. The molecule has 2 rings (SSSR count). The van der Waals surface area contributed by atoms with Gasteiger partial charge >= 0.3 is 0 Å². The van der Waals surface area contributed by atoms with Gasteiger partial charge in [0.2, 0.25) is 0 Å². The average molecular weight is 312 g/mol. The monoisotopic (exact) mass is 311 g/mol. The molecule has 0 aliphatic rings. The Morgan fingerprint density at radius 2 is 2.06 bits per heavy atom. The lowest BCUT2D eigenvalue weighted by Crippen LogP contribution is -1.97.